The van der Waals surface area contributed by atoms with E-state index in [-0.39, 0.29) is 11.3 Å². The van der Waals surface area contributed by atoms with E-state index in [2.05, 4.69) is 0 Å². The third kappa shape index (κ3) is 5.44. The van der Waals surface area contributed by atoms with Crippen LogP contribution in [0.25, 0.3) is 16.0 Å². The molecular formula is C33H34N2O6S. The number of fused-ring (bicyclic) bond motifs is 1. The summed E-state index contributed by atoms with van der Waals surface area (Å²) in [4.78, 5) is 33.6. The van der Waals surface area contributed by atoms with Crippen molar-refractivity contribution in [3.63, 3.8) is 0 Å². The number of rotatable bonds is 10. The van der Waals surface area contributed by atoms with Gasteiger partial charge in [-0.15, -0.1) is 0 Å². The van der Waals surface area contributed by atoms with Crippen LogP contribution in [-0.2, 0) is 9.59 Å². The van der Waals surface area contributed by atoms with E-state index in [0.717, 1.165) is 27.8 Å². The maximum atomic E-state index is 13.7. The zero-order chi connectivity index (χ0) is 30.0. The molecule has 218 valence electrons. The minimum atomic E-state index is -0.946. The summed E-state index contributed by atoms with van der Waals surface area (Å²) in [6.07, 6.45) is 0.825. The highest BCUT2D eigenvalue weighted by Gasteiger charge is 2.48. The van der Waals surface area contributed by atoms with Gasteiger partial charge in [-0.05, 0) is 93.3 Å². The summed E-state index contributed by atoms with van der Waals surface area (Å²) >= 11 is 1.34. The number of aliphatic hydroxyl groups excluding tert-OH is 1. The van der Waals surface area contributed by atoms with Crippen molar-refractivity contribution in [1.29, 1.82) is 0 Å². The van der Waals surface area contributed by atoms with E-state index in [1.54, 1.807) is 42.5 Å². The highest BCUT2D eigenvalue weighted by atomic mass is 32.1. The first-order valence-electron chi connectivity index (χ1n) is 14.1. The molecule has 42 heavy (non-hydrogen) atoms. The topological polar surface area (TPSA) is 98.2 Å². The monoisotopic (exact) mass is 586 g/mol. The SMILES string of the molecule is CCCOc1ccc(C2/C(=C(\O)c3ccc(OCC)cc3)C(=O)C(=O)N2c2nc3c(C)cc(C)cc3s2)cc1OCC. The number of hydrogen-bond donors (Lipinski definition) is 1. The number of thiazole rings is 1. The second-order valence-corrected chi connectivity index (χ2v) is 11.0. The Bertz CT molecular complexity index is 1670. The largest absolute Gasteiger partial charge is 0.507 e. The van der Waals surface area contributed by atoms with Crippen molar-refractivity contribution in [3.8, 4) is 17.2 Å². The number of carbonyl (C=O) groups excluding carboxylic acids is 2. The molecule has 1 aliphatic heterocycles. The molecule has 1 atom stereocenters. The van der Waals surface area contributed by atoms with Gasteiger partial charge >= 0.3 is 5.91 Å². The molecule has 1 aliphatic rings. The van der Waals surface area contributed by atoms with Gasteiger partial charge in [-0.2, -0.15) is 0 Å². The van der Waals surface area contributed by atoms with Gasteiger partial charge in [0.1, 0.15) is 11.5 Å². The molecule has 3 aromatic carbocycles. The Labute approximate surface area is 249 Å². The summed E-state index contributed by atoms with van der Waals surface area (Å²) in [7, 11) is 0. The molecule has 1 saturated heterocycles. The second-order valence-electron chi connectivity index (χ2n) is 10.0. The number of ether oxygens (including phenoxy) is 3. The van der Waals surface area contributed by atoms with Gasteiger partial charge in [-0.3, -0.25) is 14.5 Å². The summed E-state index contributed by atoms with van der Waals surface area (Å²) in [5, 5.41) is 11.9. The van der Waals surface area contributed by atoms with E-state index < -0.39 is 17.7 Å². The number of nitrogens with zero attached hydrogens (tertiary/aromatic N) is 2. The van der Waals surface area contributed by atoms with Crippen molar-refractivity contribution in [1.82, 2.24) is 4.98 Å². The summed E-state index contributed by atoms with van der Waals surface area (Å²) in [5.74, 6) is -0.132. The molecule has 1 amide bonds. The molecule has 0 bridgehead atoms. The van der Waals surface area contributed by atoms with Crippen molar-refractivity contribution < 1.29 is 28.9 Å². The molecule has 1 fully saturated rings. The maximum Gasteiger partial charge on any atom is 0.301 e. The molecule has 1 aromatic heterocycles. The molecule has 0 aliphatic carbocycles. The summed E-state index contributed by atoms with van der Waals surface area (Å²) in [6, 6.07) is 15.2. The van der Waals surface area contributed by atoms with Gasteiger partial charge in [0.2, 0.25) is 0 Å². The van der Waals surface area contributed by atoms with E-state index in [0.29, 0.717) is 53.3 Å². The van der Waals surface area contributed by atoms with Crippen LogP contribution in [0.5, 0.6) is 17.2 Å². The van der Waals surface area contributed by atoms with Crippen LogP contribution in [0.2, 0.25) is 0 Å². The summed E-state index contributed by atoms with van der Waals surface area (Å²) in [6.45, 7) is 11.2. The molecule has 1 N–H and O–H groups in total. The Balaban J connectivity index is 1.71. The molecule has 5 rings (SSSR count). The third-order valence-electron chi connectivity index (χ3n) is 6.95. The van der Waals surface area contributed by atoms with Crippen molar-refractivity contribution in [2.45, 2.75) is 47.1 Å². The van der Waals surface area contributed by atoms with E-state index in [4.69, 9.17) is 19.2 Å². The average Bonchev–Trinajstić information content (AvgIpc) is 3.51. The third-order valence-corrected chi connectivity index (χ3v) is 7.95. The number of amides is 1. The first kappa shape index (κ1) is 29.1. The van der Waals surface area contributed by atoms with E-state index in [1.807, 2.05) is 46.8 Å². The molecule has 8 nitrogen and oxygen atoms in total. The van der Waals surface area contributed by atoms with Crippen LogP contribution in [0.4, 0.5) is 5.13 Å². The summed E-state index contributed by atoms with van der Waals surface area (Å²) in [5.41, 5.74) is 3.78. The predicted octanol–water partition coefficient (Wildman–Crippen LogP) is 7.13. The van der Waals surface area contributed by atoms with Crippen LogP contribution >= 0.6 is 11.3 Å². The Hall–Kier alpha value is -4.37. The number of carbonyl (C=O) groups is 2. The van der Waals surface area contributed by atoms with Crippen LogP contribution < -0.4 is 19.1 Å². The lowest BCUT2D eigenvalue weighted by atomic mass is 9.95. The van der Waals surface area contributed by atoms with Crippen LogP contribution in [0.3, 0.4) is 0 Å². The maximum absolute atomic E-state index is 13.7. The average molecular weight is 587 g/mol. The zero-order valence-electron chi connectivity index (χ0n) is 24.4. The van der Waals surface area contributed by atoms with Crippen molar-refractivity contribution in [3.05, 3.63) is 82.4 Å². The molecule has 1 unspecified atom stereocenters. The highest BCUT2D eigenvalue weighted by Crippen LogP contribution is 2.46. The van der Waals surface area contributed by atoms with Gasteiger partial charge in [0.25, 0.3) is 5.78 Å². The van der Waals surface area contributed by atoms with Crippen LogP contribution in [0.15, 0.2) is 60.2 Å². The van der Waals surface area contributed by atoms with Gasteiger partial charge in [0.05, 0.1) is 41.7 Å². The number of ketones is 1. The quantitative estimate of drug-likeness (QED) is 0.120. The first-order valence-corrected chi connectivity index (χ1v) is 14.9. The molecule has 4 aromatic rings. The first-order chi connectivity index (χ1) is 20.3. The molecule has 0 radical (unpaired) electrons. The Morgan fingerprint density at radius 1 is 0.929 bits per heavy atom. The van der Waals surface area contributed by atoms with E-state index in [1.165, 1.54) is 16.2 Å². The van der Waals surface area contributed by atoms with Gasteiger partial charge in [0.15, 0.2) is 16.6 Å². The van der Waals surface area contributed by atoms with Gasteiger partial charge in [-0.1, -0.05) is 30.4 Å². The lowest BCUT2D eigenvalue weighted by Gasteiger charge is -2.24. The molecule has 2 heterocycles. The van der Waals surface area contributed by atoms with Crippen molar-refractivity contribution in [2.75, 3.05) is 24.7 Å². The standard InChI is InChI=1S/C33H34N2O6S/c1-6-15-41-24-14-11-22(18-25(24)40-8-3)29-27(30(36)21-9-12-23(13-10-21)39-7-2)31(37)32(38)35(29)33-34-28-20(5)16-19(4)17-26(28)42-33/h9-14,16-18,29,36H,6-8,15H2,1-5H3/b30-27+. The molecule has 9 heteroatoms. The highest BCUT2D eigenvalue weighted by molar-refractivity contribution is 7.22. The number of Topliss-reactive ketones (excluding diaryl/α,β-unsaturated/α-hetero) is 1. The fourth-order valence-electron chi connectivity index (χ4n) is 5.13. The Morgan fingerprint density at radius 3 is 2.36 bits per heavy atom. The minimum absolute atomic E-state index is 0.0269. The number of hydrogen-bond acceptors (Lipinski definition) is 8. The number of aryl methyl sites for hydroxylation is 2. The second kappa shape index (κ2) is 12.2. The fourth-order valence-corrected chi connectivity index (χ4v) is 6.30. The molecule has 0 saturated carbocycles. The lowest BCUT2D eigenvalue weighted by molar-refractivity contribution is -0.132. The molecule has 0 spiro atoms. The van der Waals surface area contributed by atoms with Crippen LogP contribution in [-0.4, -0.2) is 41.6 Å². The van der Waals surface area contributed by atoms with Crippen LogP contribution in [0, 0.1) is 13.8 Å². The normalized spacial score (nSPS) is 16.3. The van der Waals surface area contributed by atoms with Crippen molar-refractivity contribution in [2.24, 2.45) is 0 Å². The summed E-state index contributed by atoms with van der Waals surface area (Å²) < 4.78 is 18.2. The number of benzene rings is 3. The van der Waals surface area contributed by atoms with Gasteiger partial charge in [-0.25, -0.2) is 4.98 Å². The smallest absolute Gasteiger partial charge is 0.301 e. The number of aromatic nitrogens is 1. The van der Waals surface area contributed by atoms with Gasteiger partial charge < -0.3 is 19.3 Å². The predicted molar refractivity (Wildman–Crippen MR) is 165 cm³/mol. The van der Waals surface area contributed by atoms with E-state index in [9.17, 15) is 14.7 Å². The number of anilines is 1. The minimum Gasteiger partial charge on any atom is -0.507 e. The zero-order valence-corrected chi connectivity index (χ0v) is 25.2. The van der Waals surface area contributed by atoms with Crippen LogP contribution in [0.1, 0.15) is 55.5 Å². The Morgan fingerprint density at radius 2 is 1.67 bits per heavy atom. The fraction of sp³-hybridized carbons (Fsp3) is 0.303. The van der Waals surface area contributed by atoms with Gasteiger partial charge in [0, 0.05) is 5.56 Å². The lowest BCUT2D eigenvalue weighted by Crippen LogP contribution is -2.29. The molecular weight excluding hydrogens is 552 g/mol. The van der Waals surface area contributed by atoms with E-state index >= 15 is 0 Å². The number of aliphatic hydroxyl groups is 1. The Kier molecular flexibility index (Phi) is 8.49. The van der Waals surface area contributed by atoms with Crippen molar-refractivity contribution >= 4 is 44.1 Å².